The lowest BCUT2D eigenvalue weighted by atomic mass is 10.1. The van der Waals surface area contributed by atoms with Gasteiger partial charge in [-0.2, -0.15) is 0 Å². The normalized spacial score (nSPS) is 11.1. The van der Waals surface area contributed by atoms with Crippen LogP contribution in [0.3, 0.4) is 0 Å². The zero-order valence-electron chi connectivity index (χ0n) is 10.2. The lowest BCUT2D eigenvalue weighted by molar-refractivity contribution is 0.627. The molecule has 0 aliphatic heterocycles. The number of benzene rings is 2. The van der Waals surface area contributed by atoms with Gasteiger partial charge in [0.05, 0.1) is 11.2 Å². The lowest BCUT2D eigenvalue weighted by Gasteiger charge is -2.01. The number of nitrogens with zero attached hydrogens (tertiary/aromatic N) is 1. The van der Waals surface area contributed by atoms with Crippen molar-refractivity contribution >= 4 is 28.3 Å². The molecule has 0 fully saturated rings. The summed E-state index contributed by atoms with van der Waals surface area (Å²) in [6.45, 7) is 1.84. The van der Waals surface area contributed by atoms with E-state index in [0.717, 1.165) is 16.6 Å². The minimum absolute atomic E-state index is 0.264. The van der Waals surface area contributed by atoms with Crippen molar-refractivity contribution in [1.29, 1.82) is 0 Å². The van der Waals surface area contributed by atoms with Crippen LogP contribution in [0.15, 0.2) is 30.3 Å². The highest BCUT2D eigenvalue weighted by molar-refractivity contribution is 6.31. The first-order valence-electron chi connectivity index (χ1n) is 5.76. The Balaban J connectivity index is 2.23. The van der Waals surface area contributed by atoms with Crippen molar-refractivity contribution in [2.75, 3.05) is 5.73 Å². The van der Waals surface area contributed by atoms with E-state index in [-0.39, 0.29) is 5.82 Å². The average Bonchev–Trinajstić information content (AvgIpc) is 2.72. The Hall–Kier alpha value is -2.07. The van der Waals surface area contributed by atoms with Crippen LogP contribution in [0.2, 0.25) is 5.02 Å². The van der Waals surface area contributed by atoms with E-state index in [1.165, 1.54) is 12.1 Å². The van der Waals surface area contributed by atoms with Gasteiger partial charge in [0.2, 0.25) is 0 Å². The SMILES string of the molecule is Cc1cc(F)ccc1-c1nc2c(N)cc(Cl)cc2[nH]1. The molecule has 0 amide bonds. The summed E-state index contributed by atoms with van der Waals surface area (Å²) in [5.74, 6) is 0.390. The van der Waals surface area contributed by atoms with Crippen LogP contribution in [0.25, 0.3) is 22.4 Å². The molecule has 0 aliphatic rings. The van der Waals surface area contributed by atoms with Crippen LogP contribution in [-0.2, 0) is 0 Å². The summed E-state index contributed by atoms with van der Waals surface area (Å²) >= 11 is 5.95. The highest BCUT2D eigenvalue weighted by Gasteiger charge is 2.11. The molecule has 0 radical (unpaired) electrons. The van der Waals surface area contributed by atoms with E-state index in [9.17, 15) is 4.39 Å². The molecule has 3 aromatic rings. The number of hydrogen-bond acceptors (Lipinski definition) is 2. The van der Waals surface area contributed by atoms with Crippen LogP contribution >= 0.6 is 11.6 Å². The molecular weight excluding hydrogens is 265 g/mol. The summed E-state index contributed by atoms with van der Waals surface area (Å²) < 4.78 is 13.1. The first kappa shape index (κ1) is 12.0. The third-order valence-corrected chi connectivity index (χ3v) is 3.24. The Bertz CT molecular complexity index is 780. The Labute approximate surface area is 114 Å². The maximum absolute atomic E-state index is 13.1. The van der Waals surface area contributed by atoms with Crippen molar-refractivity contribution in [1.82, 2.24) is 9.97 Å². The van der Waals surface area contributed by atoms with E-state index in [1.54, 1.807) is 18.2 Å². The molecule has 96 valence electrons. The molecule has 2 aromatic carbocycles. The molecule has 1 aromatic heterocycles. The number of halogens is 2. The number of nitrogens with one attached hydrogen (secondary N) is 1. The van der Waals surface area contributed by atoms with E-state index in [1.807, 2.05) is 6.92 Å². The molecule has 0 atom stereocenters. The van der Waals surface area contributed by atoms with Crippen molar-refractivity contribution in [3.8, 4) is 11.4 Å². The minimum Gasteiger partial charge on any atom is -0.397 e. The van der Waals surface area contributed by atoms with Crippen molar-refractivity contribution in [3.05, 3.63) is 46.7 Å². The molecule has 3 rings (SSSR count). The number of aromatic nitrogens is 2. The van der Waals surface area contributed by atoms with Gasteiger partial charge in [0.25, 0.3) is 0 Å². The molecule has 5 heteroatoms. The van der Waals surface area contributed by atoms with Crippen LogP contribution in [0.1, 0.15) is 5.56 Å². The number of nitrogen functional groups attached to an aromatic ring is 1. The molecule has 3 N–H and O–H groups in total. The van der Waals surface area contributed by atoms with E-state index < -0.39 is 0 Å². The number of hydrogen-bond donors (Lipinski definition) is 2. The number of aromatic amines is 1. The second-order valence-electron chi connectivity index (χ2n) is 4.44. The zero-order chi connectivity index (χ0) is 13.6. The monoisotopic (exact) mass is 275 g/mol. The molecular formula is C14H11ClFN3. The van der Waals surface area contributed by atoms with Crippen LogP contribution in [-0.4, -0.2) is 9.97 Å². The van der Waals surface area contributed by atoms with Gasteiger partial charge in [-0.3, -0.25) is 0 Å². The maximum atomic E-state index is 13.1. The maximum Gasteiger partial charge on any atom is 0.138 e. The second-order valence-corrected chi connectivity index (χ2v) is 4.87. The number of fused-ring (bicyclic) bond motifs is 1. The Morgan fingerprint density at radius 2 is 2.05 bits per heavy atom. The number of H-pyrrole nitrogens is 1. The molecule has 0 bridgehead atoms. The van der Waals surface area contributed by atoms with Crippen molar-refractivity contribution < 1.29 is 4.39 Å². The number of anilines is 1. The minimum atomic E-state index is -0.264. The van der Waals surface area contributed by atoms with Gasteiger partial charge in [0.1, 0.15) is 17.2 Å². The molecule has 3 nitrogen and oxygen atoms in total. The number of imidazole rings is 1. The van der Waals surface area contributed by atoms with E-state index in [0.29, 0.717) is 22.1 Å². The van der Waals surface area contributed by atoms with E-state index in [2.05, 4.69) is 9.97 Å². The van der Waals surface area contributed by atoms with Crippen molar-refractivity contribution in [3.63, 3.8) is 0 Å². The van der Waals surface area contributed by atoms with Crippen LogP contribution in [0.5, 0.6) is 0 Å². The first-order valence-corrected chi connectivity index (χ1v) is 6.13. The highest BCUT2D eigenvalue weighted by Crippen LogP contribution is 2.28. The van der Waals surface area contributed by atoms with Gasteiger partial charge in [-0.25, -0.2) is 9.37 Å². The van der Waals surface area contributed by atoms with Crippen LogP contribution < -0.4 is 5.73 Å². The third-order valence-electron chi connectivity index (χ3n) is 3.02. The lowest BCUT2D eigenvalue weighted by Crippen LogP contribution is -1.87. The Morgan fingerprint density at radius 3 is 2.79 bits per heavy atom. The summed E-state index contributed by atoms with van der Waals surface area (Å²) in [5, 5.41) is 0.552. The molecule has 0 saturated heterocycles. The fourth-order valence-corrected chi connectivity index (χ4v) is 2.35. The summed E-state index contributed by atoms with van der Waals surface area (Å²) in [6, 6.07) is 8.00. The quantitative estimate of drug-likeness (QED) is 0.662. The fraction of sp³-hybridized carbons (Fsp3) is 0.0714. The second kappa shape index (κ2) is 4.24. The van der Waals surface area contributed by atoms with E-state index >= 15 is 0 Å². The van der Waals surface area contributed by atoms with Gasteiger partial charge in [0, 0.05) is 10.6 Å². The predicted octanol–water partition coefficient (Wildman–Crippen LogP) is 3.91. The topological polar surface area (TPSA) is 54.7 Å². The zero-order valence-corrected chi connectivity index (χ0v) is 10.9. The molecule has 19 heavy (non-hydrogen) atoms. The summed E-state index contributed by atoms with van der Waals surface area (Å²) in [7, 11) is 0. The number of aryl methyl sites for hydroxylation is 1. The third kappa shape index (κ3) is 2.04. The largest absolute Gasteiger partial charge is 0.397 e. The molecule has 0 unspecified atom stereocenters. The van der Waals surface area contributed by atoms with Crippen LogP contribution in [0.4, 0.5) is 10.1 Å². The molecule has 0 spiro atoms. The van der Waals surface area contributed by atoms with Crippen molar-refractivity contribution in [2.45, 2.75) is 6.92 Å². The van der Waals surface area contributed by atoms with E-state index in [4.69, 9.17) is 17.3 Å². The van der Waals surface area contributed by atoms with Gasteiger partial charge in [-0.1, -0.05) is 11.6 Å². The van der Waals surface area contributed by atoms with Gasteiger partial charge < -0.3 is 10.7 Å². The fourth-order valence-electron chi connectivity index (χ4n) is 2.13. The molecule has 0 saturated carbocycles. The average molecular weight is 276 g/mol. The van der Waals surface area contributed by atoms with Crippen molar-refractivity contribution in [2.24, 2.45) is 0 Å². The van der Waals surface area contributed by atoms with Gasteiger partial charge in [-0.05, 0) is 42.8 Å². The Kier molecular flexibility index (Phi) is 2.68. The van der Waals surface area contributed by atoms with Gasteiger partial charge in [-0.15, -0.1) is 0 Å². The standard InChI is InChI=1S/C14H11ClFN3/c1-7-4-9(16)2-3-10(7)14-18-12-6-8(15)5-11(17)13(12)19-14/h2-6H,17H2,1H3,(H,18,19). The molecule has 1 heterocycles. The Morgan fingerprint density at radius 1 is 1.26 bits per heavy atom. The highest BCUT2D eigenvalue weighted by atomic mass is 35.5. The summed E-state index contributed by atoms with van der Waals surface area (Å²) in [5.41, 5.74) is 9.49. The van der Waals surface area contributed by atoms with Crippen LogP contribution in [0, 0.1) is 12.7 Å². The predicted molar refractivity (Wildman–Crippen MR) is 75.6 cm³/mol. The number of nitrogens with two attached hydrogens (primary N) is 1. The summed E-state index contributed by atoms with van der Waals surface area (Å²) in [4.78, 5) is 7.61. The number of rotatable bonds is 1. The first-order chi connectivity index (χ1) is 9.04. The van der Waals surface area contributed by atoms with Gasteiger partial charge >= 0.3 is 0 Å². The molecule has 0 aliphatic carbocycles. The summed E-state index contributed by atoms with van der Waals surface area (Å²) in [6.07, 6.45) is 0. The smallest absolute Gasteiger partial charge is 0.138 e. The van der Waals surface area contributed by atoms with Gasteiger partial charge in [0.15, 0.2) is 0 Å².